The van der Waals surface area contributed by atoms with E-state index in [1.54, 1.807) is 31.2 Å². The average molecular weight is 477 g/mol. The lowest BCUT2D eigenvalue weighted by molar-refractivity contribution is -0.116. The van der Waals surface area contributed by atoms with Gasteiger partial charge in [-0.3, -0.25) is 19.3 Å². The molecule has 2 heterocycles. The molecule has 1 aromatic heterocycles. The van der Waals surface area contributed by atoms with Crippen LogP contribution in [0.4, 0.5) is 5.00 Å². The molecule has 0 radical (unpaired) electrons. The van der Waals surface area contributed by atoms with Gasteiger partial charge >= 0.3 is 5.97 Å². The molecule has 1 aliphatic rings. The molecule has 0 aliphatic carbocycles. The zero-order valence-electron chi connectivity index (χ0n) is 18.9. The lowest BCUT2D eigenvalue weighted by atomic mass is 10.0. The first-order valence-electron chi connectivity index (χ1n) is 11.1. The first-order chi connectivity index (χ1) is 16.4. The monoisotopic (exact) mass is 476 g/mol. The molecule has 34 heavy (non-hydrogen) atoms. The zero-order chi connectivity index (χ0) is 24.2. The molecule has 2 aromatic carbocycles. The molecule has 174 valence electrons. The molecule has 4 rings (SSSR count). The summed E-state index contributed by atoms with van der Waals surface area (Å²) < 4.78 is 5.24. The Morgan fingerprint density at radius 1 is 0.941 bits per heavy atom. The van der Waals surface area contributed by atoms with Gasteiger partial charge in [-0.25, -0.2) is 4.79 Å². The number of nitrogens with one attached hydrogen (secondary N) is 1. The Kier molecular flexibility index (Phi) is 6.88. The van der Waals surface area contributed by atoms with Crippen molar-refractivity contribution in [3.63, 3.8) is 0 Å². The predicted octanol–water partition coefficient (Wildman–Crippen LogP) is 4.78. The van der Waals surface area contributed by atoms with E-state index in [0.717, 1.165) is 16.9 Å². The first-order valence-corrected chi connectivity index (χ1v) is 12.0. The van der Waals surface area contributed by atoms with Gasteiger partial charge in [-0.05, 0) is 36.6 Å². The van der Waals surface area contributed by atoms with Crippen molar-refractivity contribution in [1.82, 2.24) is 4.90 Å². The maximum Gasteiger partial charge on any atom is 0.341 e. The van der Waals surface area contributed by atoms with E-state index in [2.05, 4.69) is 12.2 Å². The lowest BCUT2D eigenvalue weighted by Crippen LogP contribution is -2.32. The SMILES string of the molecule is CCOC(=O)c1c(-c2ccc(CC)cc2)csc1NC(=O)CCN1C(=O)c2ccccc2C1=O. The van der Waals surface area contributed by atoms with Crippen LogP contribution in [0.1, 0.15) is 56.9 Å². The molecule has 8 heteroatoms. The van der Waals surface area contributed by atoms with E-state index in [1.165, 1.54) is 16.9 Å². The molecule has 3 amide bonds. The Morgan fingerprint density at radius 3 is 2.18 bits per heavy atom. The van der Waals surface area contributed by atoms with Gasteiger partial charge in [-0.1, -0.05) is 43.3 Å². The Bertz CT molecular complexity index is 1230. The number of aryl methyl sites for hydroxylation is 1. The number of rotatable bonds is 8. The number of ether oxygens (including phenoxy) is 1. The third kappa shape index (κ3) is 4.49. The van der Waals surface area contributed by atoms with Gasteiger partial charge in [0, 0.05) is 23.9 Å². The summed E-state index contributed by atoms with van der Waals surface area (Å²) in [5.41, 5.74) is 3.69. The summed E-state index contributed by atoms with van der Waals surface area (Å²) in [4.78, 5) is 51.6. The van der Waals surface area contributed by atoms with Crippen LogP contribution in [0.3, 0.4) is 0 Å². The van der Waals surface area contributed by atoms with Crippen LogP contribution >= 0.6 is 11.3 Å². The Labute approximate surface area is 201 Å². The molecule has 0 unspecified atom stereocenters. The fourth-order valence-electron chi connectivity index (χ4n) is 3.83. The molecule has 0 saturated heterocycles. The standard InChI is InChI=1S/C26H24N2O5S/c1-3-16-9-11-17(12-10-16)20-15-34-23(22(20)26(32)33-4-2)27-21(29)13-14-28-24(30)18-7-5-6-8-19(18)25(28)31/h5-12,15H,3-4,13-14H2,1-2H3,(H,27,29). The third-order valence-corrected chi connectivity index (χ3v) is 6.53. The van der Waals surface area contributed by atoms with Crippen molar-refractivity contribution in [3.8, 4) is 11.1 Å². The van der Waals surface area contributed by atoms with E-state index in [-0.39, 0.29) is 19.6 Å². The molecule has 1 aliphatic heterocycles. The smallest absolute Gasteiger partial charge is 0.341 e. The molecule has 0 bridgehead atoms. The summed E-state index contributed by atoms with van der Waals surface area (Å²) in [5, 5.41) is 4.95. The van der Waals surface area contributed by atoms with Crippen LogP contribution in [-0.2, 0) is 16.0 Å². The topological polar surface area (TPSA) is 92.8 Å². The van der Waals surface area contributed by atoms with Gasteiger partial charge < -0.3 is 10.1 Å². The number of fused-ring (bicyclic) bond motifs is 1. The van der Waals surface area contributed by atoms with Gasteiger partial charge in [0.15, 0.2) is 0 Å². The molecule has 0 saturated carbocycles. The van der Waals surface area contributed by atoms with Gasteiger partial charge in [0.1, 0.15) is 10.6 Å². The minimum absolute atomic E-state index is 0.0520. The highest BCUT2D eigenvalue weighted by Crippen LogP contribution is 2.36. The number of hydrogen-bond donors (Lipinski definition) is 1. The Hall–Kier alpha value is -3.78. The molecule has 0 spiro atoms. The van der Waals surface area contributed by atoms with Crippen molar-refractivity contribution < 1.29 is 23.9 Å². The van der Waals surface area contributed by atoms with Crippen LogP contribution in [0.2, 0.25) is 0 Å². The quantitative estimate of drug-likeness (QED) is 0.373. The Morgan fingerprint density at radius 2 is 1.59 bits per heavy atom. The summed E-state index contributed by atoms with van der Waals surface area (Å²) in [7, 11) is 0. The summed E-state index contributed by atoms with van der Waals surface area (Å²) in [5.74, 6) is -1.74. The van der Waals surface area contributed by atoms with Crippen LogP contribution in [0.25, 0.3) is 11.1 Å². The van der Waals surface area contributed by atoms with E-state index in [9.17, 15) is 19.2 Å². The summed E-state index contributed by atoms with van der Waals surface area (Å²) in [6.07, 6.45) is 0.815. The highest BCUT2D eigenvalue weighted by atomic mass is 32.1. The minimum atomic E-state index is -0.519. The summed E-state index contributed by atoms with van der Waals surface area (Å²) in [6, 6.07) is 14.5. The van der Waals surface area contributed by atoms with Gasteiger partial charge in [0.25, 0.3) is 11.8 Å². The van der Waals surface area contributed by atoms with Crippen molar-refractivity contribution in [2.75, 3.05) is 18.5 Å². The maximum absolute atomic E-state index is 12.7. The second kappa shape index (κ2) is 10.0. The largest absolute Gasteiger partial charge is 0.462 e. The highest BCUT2D eigenvalue weighted by molar-refractivity contribution is 7.15. The molecular formula is C26H24N2O5S. The number of benzene rings is 2. The van der Waals surface area contributed by atoms with Gasteiger partial charge in [0.2, 0.25) is 5.91 Å². The van der Waals surface area contributed by atoms with Gasteiger partial charge in [-0.15, -0.1) is 11.3 Å². The van der Waals surface area contributed by atoms with Crippen molar-refractivity contribution >= 4 is 40.0 Å². The van der Waals surface area contributed by atoms with Crippen LogP contribution in [-0.4, -0.2) is 41.7 Å². The van der Waals surface area contributed by atoms with Crippen molar-refractivity contribution in [2.24, 2.45) is 0 Å². The predicted molar refractivity (Wildman–Crippen MR) is 130 cm³/mol. The minimum Gasteiger partial charge on any atom is -0.462 e. The number of hydrogen-bond acceptors (Lipinski definition) is 6. The number of amides is 3. The number of nitrogens with zero attached hydrogens (tertiary/aromatic N) is 1. The fraction of sp³-hybridized carbons (Fsp3) is 0.231. The van der Waals surface area contributed by atoms with E-state index in [4.69, 9.17) is 4.74 Å². The molecule has 7 nitrogen and oxygen atoms in total. The normalized spacial score (nSPS) is 12.6. The molecule has 3 aromatic rings. The van der Waals surface area contributed by atoms with Gasteiger partial charge in [0.05, 0.1) is 17.7 Å². The van der Waals surface area contributed by atoms with E-state index in [0.29, 0.717) is 27.3 Å². The van der Waals surface area contributed by atoms with E-state index < -0.39 is 23.7 Å². The summed E-state index contributed by atoms with van der Waals surface area (Å²) >= 11 is 1.23. The van der Waals surface area contributed by atoms with Crippen LogP contribution in [0.15, 0.2) is 53.9 Å². The lowest BCUT2D eigenvalue weighted by Gasteiger charge is -2.14. The highest BCUT2D eigenvalue weighted by Gasteiger charge is 2.35. The molecule has 0 fully saturated rings. The Balaban J connectivity index is 1.50. The zero-order valence-corrected chi connectivity index (χ0v) is 19.7. The van der Waals surface area contributed by atoms with Crippen LogP contribution in [0, 0.1) is 0 Å². The second-order valence-corrected chi connectivity index (χ2v) is 8.61. The summed E-state index contributed by atoms with van der Waals surface area (Å²) in [6.45, 7) is 3.94. The number of imide groups is 1. The second-order valence-electron chi connectivity index (χ2n) is 7.73. The van der Waals surface area contributed by atoms with Crippen LogP contribution in [0.5, 0.6) is 0 Å². The van der Waals surface area contributed by atoms with Gasteiger partial charge in [-0.2, -0.15) is 0 Å². The maximum atomic E-state index is 12.7. The van der Waals surface area contributed by atoms with E-state index in [1.807, 2.05) is 29.6 Å². The number of thiophene rings is 1. The number of carbonyl (C=O) groups is 4. The van der Waals surface area contributed by atoms with Crippen molar-refractivity contribution in [1.29, 1.82) is 0 Å². The first kappa shape index (κ1) is 23.4. The van der Waals surface area contributed by atoms with Crippen molar-refractivity contribution in [2.45, 2.75) is 26.7 Å². The molecule has 1 N–H and O–H groups in total. The average Bonchev–Trinajstić information content (AvgIpc) is 3.37. The number of carbonyl (C=O) groups excluding carboxylic acids is 4. The fourth-order valence-corrected chi connectivity index (χ4v) is 4.81. The van der Waals surface area contributed by atoms with Crippen molar-refractivity contribution in [3.05, 3.63) is 76.2 Å². The van der Waals surface area contributed by atoms with E-state index >= 15 is 0 Å². The molecule has 0 atom stereocenters. The van der Waals surface area contributed by atoms with Crippen LogP contribution < -0.4 is 5.32 Å². The number of esters is 1. The number of anilines is 1. The molecular weight excluding hydrogens is 452 g/mol. The third-order valence-electron chi connectivity index (χ3n) is 5.64.